The van der Waals surface area contributed by atoms with E-state index in [0.29, 0.717) is 0 Å². The first-order valence-electron chi connectivity index (χ1n) is 5.17. The molecule has 82 valence electrons. The van der Waals surface area contributed by atoms with Gasteiger partial charge >= 0.3 is 0 Å². The Morgan fingerprint density at radius 2 is 2.00 bits per heavy atom. The van der Waals surface area contributed by atoms with Crippen LogP contribution in [0.1, 0.15) is 6.92 Å². The Morgan fingerprint density at radius 3 is 2.75 bits per heavy atom. The topological polar surface area (TPSA) is 37.8 Å². The Kier molecular flexibility index (Phi) is 3.77. The minimum Gasteiger partial charge on any atom is -0.370 e. The van der Waals surface area contributed by atoms with Gasteiger partial charge in [0.25, 0.3) is 0 Å². The Balaban J connectivity index is 2.12. The molecule has 0 aliphatic carbocycles. The summed E-state index contributed by atoms with van der Waals surface area (Å²) in [7, 11) is 0. The van der Waals surface area contributed by atoms with Gasteiger partial charge in [-0.1, -0.05) is 17.8 Å². The predicted molar refractivity (Wildman–Crippen MR) is 66.8 cm³/mol. The highest BCUT2D eigenvalue weighted by Gasteiger charge is 1.99. The lowest BCUT2D eigenvalue weighted by molar-refractivity contribution is 1.08. The summed E-state index contributed by atoms with van der Waals surface area (Å²) in [5.74, 6) is 0.918. The van der Waals surface area contributed by atoms with Crippen molar-refractivity contribution in [1.29, 1.82) is 0 Å². The van der Waals surface area contributed by atoms with Crippen LogP contribution in [0.15, 0.2) is 52.6 Å². The third-order valence-electron chi connectivity index (χ3n) is 1.95. The fraction of sp³-hybridized carbons (Fsp3) is 0.167. The highest BCUT2D eigenvalue weighted by Crippen LogP contribution is 2.25. The smallest absolute Gasteiger partial charge is 0.127 e. The van der Waals surface area contributed by atoms with Gasteiger partial charge in [-0.2, -0.15) is 0 Å². The van der Waals surface area contributed by atoms with Crippen LogP contribution in [-0.4, -0.2) is 16.5 Å². The molecule has 0 aliphatic heterocycles. The molecule has 1 N–H and O–H groups in total. The van der Waals surface area contributed by atoms with Gasteiger partial charge in [0.1, 0.15) is 10.8 Å². The summed E-state index contributed by atoms with van der Waals surface area (Å²) >= 11 is 1.64. The SMILES string of the molecule is CCNc1cccc(Sc2ccncc2)n1. The molecule has 0 fully saturated rings. The highest BCUT2D eigenvalue weighted by molar-refractivity contribution is 7.99. The largest absolute Gasteiger partial charge is 0.370 e. The molecule has 2 aromatic heterocycles. The van der Waals surface area contributed by atoms with Crippen molar-refractivity contribution in [1.82, 2.24) is 9.97 Å². The van der Waals surface area contributed by atoms with Gasteiger partial charge in [0, 0.05) is 23.8 Å². The fourth-order valence-electron chi connectivity index (χ4n) is 1.28. The standard InChI is InChI=1S/C12H13N3S/c1-2-14-11-4-3-5-12(15-11)16-10-6-8-13-9-7-10/h3-9H,2H2,1H3,(H,14,15). The molecule has 0 atom stereocenters. The van der Waals surface area contributed by atoms with Crippen LogP contribution in [0, 0.1) is 0 Å². The molecule has 3 nitrogen and oxygen atoms in total. The van der Waals surface area contributed by atoms with Gasteiger partial charge in [0.15, 0.2) is 0 Å². The van der Waals surface area contributed by atoms with Gasteiger partial charge < -0.3 is 5.32 Å². The summed E-state index contributed by atoms with van der Waals surface area (Å²) in [6.45, 7) is 2.95. The zero-order chi connectivity index (χ0) is 11.2. The van der Waals surface area contributed by atoms with E-state index in [-0.39, 0.29) is 0 Å². The molecule has 0 amide bonds. The van der Waals surface area contributed by atoms with E-state index in [0.717, 1.165) is 22.3 Å². The minimum absolute atomic E-state index is 0.885. The number of hydrogen-bond acceptors (Lipinski definition) is 4. The van der Waals surface area contributed by atoms with Gasteiger partial charge in [0.2, 0.25) is 0 Å². The second-order valence-corrected chi connectivity index (χ2v) is 4.27. The van der Waals surface area contributed by atoms with Crippen molar-refractivity contribution >= 4 is 17.6 Å². The normalized spacial score (nSPS) is 10.1. The number of hydrogen-bond donors (Lipinski definition) is 1. The third-order valence-corrected chi connectivity index (χ3v) is 2.90. The number of nitrogens with zero attached hydrogens (tertiary/aromatic N) is 2. The van der Waals surface area contributed by atoms with E-state index >= 15 is 0 Å². The molecular formula is C12H13N3S. The Morgan fingerprint density at radius 1 is 1.19 bits per heavy atom. The van der Waals surface area contributed by atoms with E-state index in [9.17, 15) is 0 Å². The zero-order valence-corrected chi connectivity index (χ0v) is 9.87. The molecule has 16 heavy (non-hydrogen) atoms. The monoisotopic (exact) mass is 231 g/mol. The maximum Gasteiger partial charge on any atom is 0.127 e. The molecule has 0 unspecified atom stereocenters. The average molecular weight is 231 g/mol. The Bertz CT molecular complexity index is 445. The van der Waals surface area contributed by atoms with Gasteiger partial charge in [-0.05, 0) is 31.2 Å². The Labute approximate surface area is 99.3 Å². The molecule has 2 aromatic rings. The first kappa shape index (κ1) is 11.0. The van der Waals surface area contributed by atoms with Crippen LogP contribution in [0.25, 0.3) is 0 Å². The molecule has 0 saturated carbocycles. The van der Waals surface area contributed by atoms with Gasteiger partial charge in [0.05, 0.1) is 0 Å². The van der Waals surface area contributed by atoms with Crippen molar-refractivity contribution in [2.45, 2.75) is 16.8 Å². The molecule has 0 aliphatic rings. The Hall–Kier alpha value is -1.55. The van der Waals surface area contributed by atoms with Crippen LogP contribution in [0.5, 0.6) is 0 Å². The highest BCUT2D eigenvalue weighted by atomic mass is 32.2. The maximum absolute atomic E-state index is 4.49. The number of rotatable bonds is 4. The summed E-state index contributed by atoms with van der Waals surface area (Å²) in [6, 6.07) is 9.94. The van der Waals surface area contributed by atoms with Crippen LogP contribution < -0.4 is 5.32 Å². The summed E-state index contributed by atoms with van der Waals surface area (Å²) in [5, 5.41) is 4.19. The minimum atomic E-state index is 0.885. The first-order valence-corrected chi connectivity index (χ1v) is 5.99. The maximum atomic E-state index is 4.49. The van der Waals surface area contributed by atoms with Crippen molar-refractivity contribution in [3.05, 3.63) is 42.7 Å². The number of anilines is 1. The average Bonchev–Trinajstić information content (AvgIpc) is 2.31. The third kappa shape index (κ3) is 2.97. The van der Waals surface area contributed by atoms with Crippen LogP contribution in [0.3, 0.4) is 0 Å². The number of pyridine rings is 2. The molecule has 0 bridgehead atoms. The second kappa shape index (κ2) is 5.51. The molecule has 0 radical (unpaired) electrons. The van der Waals surface area contributed by atoms with Crippen LogP contribution >= 0.6 is 11.8 Å². The number of nitrogens with one attached hydrogen (secondary N) is 1. The quantitative estimate of drug-likeness (QED) is 0.877. The lowest BCUT2D eigenvalue weighted by Crippen LogP contribution is -1.98. The van der Waals surface area contributed by atoms with E-state index in [1.165, 1.54) is 0 Å². The van der Waals surface area contributed by atoms with Crippen molar-refractivity contribution in [3.8, 4) is 0 Å². The molecule has 4 heteroatoms. The summed E-state index contributed by atoms with van der Waals surface area (Å²) in [4.78, 5) is 9.63. The van der Waals surface area contributed by atoms with Crippen molar-refractivity contribution in [2.75, 3.05) is 11.9 Å². The predicted octanol–water partition coefficient (Wildman–Crippen LogP) is 3.06. The molecular weight excluding hydrogens is 218 g/mol. The fourth-order valence-corrected chi connectivity index (χ4v) is 2.07. The molecule has 0 spiro atoms. The molecule has 2 rings (SSSR count). The van der Waals surface area contributed by atoms with Crippen molar-refractivity contribution < 1.29 is 0 Å². The van der Waals surface area contributed by atoms with E-state index in [1.54, 1.807) is 24.2 Å². The summed E-state index contributed by atoms with van der Waals surface area (Å²) in [5.41, 5.74) is 0. The number of aromatic nitrogens is 2. The van der Waals surface area contributed by atoms with E-state index in [2.05, 4.69) is 22.2 Å². The lowest BCUT2D eigenvalue weighted by Gasteiger charge is -2.04. The second-order valence-electron chi connectivity index (χ2n) is 3.18. The van der Waals surface area contributed by atoms with Crippen molar-refractivity contribution in [2.24, 2.45) is 0 Å². The molecule has 0 saturated heterocycles. The van der Waals surface area contributed by atoms with Gasteiger partial charge in [-0.3, -0.25) is 4.98 Å². The lowest BCUT2D eigenvalue weighted by atomic mass is 10.4. The van der Waals surface area contributed by atoms with Gasteiger partial charge in [-0.15, -0.1) is 0 Å². The van der Waals surface area contributed by atoms with Crippen LogP contribution in [-0.2, 0) is 0 Å². The van der Waals surface area contributed by atoms with Crippen LogP contribution in [0.4, 0.5) is 5.82 Å². The van der Waals surface area contributed by atoms with Crippen LogP contribution in [0.2, 0.25) is 0 Å². The van der Waals surface area contributed by atoms with Gasteiger partial charge in [-0.25, -0.2) is 4.98 Å². The molecule has 2 heterocycles. The van der Waals surface area contributed by atoms with E-state index in [4.69, 9.17) is 0 Å². The van der Waals surface area contributed by atoms with E-state index in [1.807, 2.05) is 30.3 Å². The zero-order valence-electron chi connectivity index (χ0n) is 9.05. The first-order chi connectivity index (χ1) is 7.88. The van der Waals surface area contributed by atoms with Crippen molar-refractivity contribution in [3.63, 3.8) is 0 Å². The summed E-state index contributed by atoms with van der Waals surface area (Å²) < 4.78 is 0. The summed E-state index contributed by atoms with van der Waals surface area (Å²) in [6.07, 6.45) is 3.58. The molecule has 0 aromatic carbocycles. The van der Waals surface area contributed by atoms with E-state index < -0.39 is 0 Å².